The summed E-state index contributed by atoms with van der Waals surface area (Å²) >= 11 is 0. The van der Waals surface area contributed by atoms with E-state index < -0.39 is 10.0 Å². The fourth-order valence-electron chi connectivity index (χ4n) is 2.88. The first-order valence-corrected chi connectivity index (χ1v) is 9.52. The third-order valence-corrected chi connectivity index (χ3v) is 6.26. The number of hydrogen-bond donors (Lipinski definition) is 1. The molecule has 1 aromatic heterocycles. The predicted octanol–water partition coefficient (Wildman–Crippen LogP) is 1.61. The number of aromatic nitrogens is 1. The number of rotatable bonds is 6. The molecule has 1 fully saturated rings. The molecule has 2 heterocycles. The second-order valence-corrected chi connectivity index (χ2v) is 7.87. The highest BCUT2D eigenvalue weighted by Crippen LogP contribution is 2.27. The molecule has 1 N–H and O–H groups in total. The van der Waals surface area contributed by atoms with Gasteiger partial charge in [0.15, 0.2) is 5.76 Å². The lowest BCUT2D eigenvalue weighted by Gasteiger charge is -2.31. The van der Waals surface area contributed by atoms with Gasteiger partial charge in [-0.1, -0.05) is 18.5 Å². The molecule has 23 heavy (non-hydrogen) atoms. The second kappa shape index (κ2) is 7.44. The zero-order valence-corrected chi connectivity index (χ0v) is 14.8. The first-order chi connectivity index (χ1) is 10.9. The maximum absolute atomic E-state index is 12.8. The normalized spacial score (nSPS) is 19.7. The molecule has 0 bridgehead atoms. The molecule has 130 valence electrons. The topological polar surface area (TPSA) is 92.5 Å². The molecule has 0 aromatic carbocycles. The molecule has 0 spiro atoms. The molecule has 0 aliphatic carbocycles. The molecule has 7 nitrogen and oxygen atoms in total. The Morgan fingerprint density at radius 1 is 1.43 bits per heavy atom. The quantitative estimate of drug-likeness (QED) is 0.792. The highest BCUT2D eigenvalue weighted by atomic mass is 32.2. The number of carbonyl (C=O) groups excluding carboxylic acids is 1. The van der Waals surface area contributed by atoms with E-state index in [-0.39, 0.29) is 29.0 Å². The van der Waals surface area contributed by atoms with Crippen LogP contribution in [0, 0.1) is 19.8 Å². The van der Waals surface area contributed by atoms with Gasteiger partial charge >= 0.3 is 0 Å². The molecule has 1 aromatic rings. The van der Waals surface area contributed by atoms with Gasteiger partial charge in [0.2, 0.25) is 15.9 Å². The van der Waals surface area contributed by atoms with Crippen molar-refractivity contribution in [1.29, 1.82) is 0 Å². The van der Waals surface area contributed by atoms with Gasteiger partial charge in [-0.3, -0.25) is 4.79 Å². The van der Waals surface area contributed by atoms with Gasteiger partial charge in [0.25, 0.3) is 0 Å². The Morgan fingerprint density at radius 3 is 2.78 bits per heavy atom. The van der Waals surface area contributed by atoms with Crippen molar-refractivity contribution in [3.63, 3.8) is 0 Å². The summed E-state index contributed by atoms with van der Waals surface area (Å²) in [4.78, 5) is 12.3. The van der Waals surface area contributed by atoms with Crippen molar-refractivity contribution in [2.75, 3.05) is 19.6 Å². The van der Waals surface area contributed by atoms with Crippen molar-refractivity contribution >= 4 is 15.9 Å². The van der Waals surface area contributed by atoms with E-state index in [1.807, 2.05) is 0 Å². The molecule has 1 atom stereocenters. The molecule has 8 heteroatoms. The number of aryl methyl sites for hydroxylation is 2. The molecular weight excluding hydrogens is 318 g/mol. The minimum Gasteiger partial charge on any atom is -0.360 e. The number of carbonyl (C=O) groups is 1. The molecule has 1 unspecified atom stereocenters. The molecule has 1 saturated heterocycles. The van der Waals surface area contributed by atoms with E-state index in [4.69, 9.17) is 4.52 Å². The number of amides is 1. The van der Waals surface area contributed by atoms with E-state index in [9.17, 15) is 13.2 Å². The number of piperidine rings is 1. The summed E-state index contributed by atoms with van der Waals surface area (Å²) in [5, 5.41) is 6.61. The lowest BCUT2D eigenvalue weighted by atomic mass is 9.99. The second-order valence-electron chi connectivity index (χ2n) is 6.00. The van der Waals surface area contributed by atoms with Crippen molar-refractivity contribution in [3.8, 4) is 0 Å². The molecule has 2 rings (SSSR count). The zero-order chi connectivity index (χ0) is 17.0. The number of unbranched alkanes of at least 4 members (excludes halogenated alkanes) is 1. The Kier molecular flexibility index (Phi) is 5.80. The summed E-state index contributed by atoms with van der Waals surface area (Å²) in [7, 11) is -3.67. The smallest absolute Gasteiger partial charge is 0.248 e. The van der Waals surface area contributed by atoms with Gasteiger partial charge in [0.1, 0.15) is 10.6 Å². The summed E-state index contributed by atoms with van der Waals surface area (Å²) in [5.74, 6) is -0.0648. The highest BCUT2D eigenvalue weighted by Gasteiger charge is 2.36. The third-order valence-electron chi connectivity index (χ3n) is 4.15. The van der Waals surface area contributed by atoms with Crippen molar-refractivity contribution in [2.24, 2.45) is 5.92 Å². The van der Waals surface area contributed by atoms with E-state index in [2.05, 4.69) is 17.4 Å². The van der Waals surface area contributed by atoms with Crippen LogP contribution in [0.2, 0.25) is 0 Å². The predicted molar refractivity (Wildman–Crippen MR) is 85.4 cm³/mol. The van der Waals surface area contributed by atoms with Crippen LogP contribution in [0.5, 0.6) is 0 Å². The van der Waals surface area contributed by atoms with Gasteiger partial charge in [-0.25, -0.2) is 8.42 Å². The molecule has 1 amide bonds. The van der Waals surface area contributed by atoms with Crippen LogP contribution < -0.4 is 5.32 Å². The van der Waals surface area contributed by atoms with Gasteiger partial charge in [-0.05, 0) is 33.1 Å². The van der Waals surface area contributed by atoms with E-state index >= 15 is 0 Å². The van der Waals surface area contributed by atoms with Gasteiger partial charge in [-0.15, -0.1) is 0 Å². The SMILES string of the molecule is CCCCNC(=O)C1CCCN(S(=O)(=O)c2c(C)noc2C)C1. The summed E-state index contributed by atoms with van der Waals surface area (Å²) in [5.41, 5.74) is 0.358. The first-order valence-electron chi connectivity index (χ1n) is 8.08. The average molecular weight is 343 g/mol. The van der Waals surface area contributed by atoms with Crippen LogP contribution in [0.1, 0.15) is 44.1 Å². The first kappa shape index (κ1) is 17.9. The van der Waals surface area contributed by atoms with E-state index in [0.717, 1.165) is 12.8 Å². The summed E-state index contributed by atoms with van der Waals surface area (Å²) < 4.78 is 32.0. The average Bonchev–Trinajstić information content (AvgIpc) is 2.87. The number of hydrogen-bond acceptors (Lipinski definition) is 5. The van der Waals surface area contributed by atoms with Crippen LogP contribution in [-0.4, -0.2) is 43.4 Å². The van der Waals surface area contributed by atoms with Crippen LogP contribution in [-0.2, 0) is 14.8 Å². The van der Waals surface area contributed by atoms with Crippen LogP contribution >= 0.6 is 0 Å². The Bertz CT molecular complexity index is 634. The lowest BCUT2D eigenvalue weighted by Crippen LogP contribution is -2.45. The minimum atomic E-state index is -3.67. The van der Waals surface area contributed by atoms with Crippen LogP contribution in [0.4, 0.5) is 0 Å². The fourth-order valence-corrected chi connectivity index (χ4v) is 4.69. The number of nitrogens with one attached hydrogen (secondary N) is 1. The monoisotopic (exact) mass is 343 g/mol. The van der Waals surface area contributed by atoms with Crippen molar-refractivity contribution < 1.29 is 17.7 Å². The molecule has 1 aliphatic heterocycles. The van der Waals surface area contributed by atoms with Gasteiger partial charge in [0, 0.05) is 19.6 Å². The summed E-state index contributed by atoms with van der Waals surface area (Å²) in [6, 6.07) is 0. The van der Waals surface area contributed by atoms with Crippen LogP contribution in [0.3, 0.4) is 0 Å². The van der Waals surface area contributed by atoms with Crippen molar-refractivity contribution in [3.05, 3.63) is 11.5 Å². The van der Waals surface area contributed by atoms with Gasteiger partial charge < -0.3 is 9.84 Å². The highest BCUT2D eigenvalue weighted by molar-refractivity contribution is 7.89. The largest absolute Gasteiger partial charge is 0.360 e. The molecule has 1 aliphatic rings. The van der Waals surface area contributed by atoms with Crippen molar-refractivity contribution in [1.82, 2.24) is 14.8 Å². The number of nitrogens with zero attached hydrogens (tertiary/aromatic N) is 2. The Labute approximate surface area is 137 Å². The molecular formula is C15H25N3O4S. The van der Waals surface area contributed by atoms with Crippen LogP contribution in [0.25, 0.3) is 0 Å². The van der Waals surface area contributed by atoms with E-state index in [1.54, 1.807) is 13.8 Å². The zero-order valence-electron chi connectivity index (χ0n) is 14.0. The van der Waals surface area contributed by atoms with Crippen LogP contribution in [0.15, 0.2) is 9.42 Å². The summed E-state index contributed by atoms with van der Waals surface area (Å²) in [6.45, 7) is 6.54. The minimum absolute atomic E-state index is 0.0582. The third kappa shape index (κ3) is 3.92. The van der Waals surface area contributed by atoms with Gasteiger partial charge in [0.05, 0.1) is 5.92 Å². The lowest BCUT2D eigenvalue weighted by molar-refractivity contribution is -0.126. The Balaban J connectivity index is 2.10. The Morgan fingerprint density at radius 2 is 2.17 bits per heavy atom. The van der Waals surface area contributed by atoms with Gasteiger partial charge in [-0.2, -0.15) is 4.31 Å². The van der Waals surface area contributed by atoms with E-state index in [1.165, 1.54) is 4.31 Å². The molecule has 0 radical (unpaired) electrons. The maximum atomic E-state index is 12.8. The standard InChI is InChI=1S/C15H25N3O4S/c1-4-5-8-16-15(19)13-7-6-9-18(10-13)23(20,21)14-11(2)17-22-12(14)3/h13H,4-10H2,1-3H3,(H,16,19). The van der Waals surface area contributed by atoms with Crippen molar-refractivity contribution in [2.45, 2.75) is 51.3 Å². The maximum Gasteiger partial charge on any atom is 0.248 e. The number of sulfonamides is 1. The fraction of sp³-hybridized carbons (Fsp3) is 0.733. The van der Waals surface area contributed by atoms with E-state index in [0.29, 0.717) is 31.6 Å². The summed E-state index contributed by atoms with van der Waals surface area (Å²) in [6.07, 6.45) is 3.33. The molecule has 0 saturated carbocycles. The Hall–Kier alpha value is -1.41.